The minimum absolute atomic E-state index is 0.0759. The first-order valence-corrected chi connectivity index (χ1v) is 6.39. The molecule has 0 spiro atoms. The van der Waals surface area contributed by atoms with Gasteiger partial charge in [-0.25, -0.2) is 9.59 Å². The molecule has 2 aromatic rings. The van der Waals surface area contributed by atoms with E-state index in [0.29, 0.717) is 12.2 Å². The minimum atomic E-state index is -0.669. The summed E-state index contributed by atoms with van der Waals surface area (Å²) in [6, 6.07) is 12.1. The molecular weight excluding hydrogens is 272 g/mol. The minimum Gasteiger partial charge on any atom is -0.507 e. The fourth-order valence-electron chi connectivity index (χ4n) is 1.68. The summed E-state index contributed by atoms with van der Waals surface area (Å²) in [5.41, 5.74) is 0.450. The molecule has 1 N–H and O–H groups in total. The summed E-state index contributed by atoms with van der Waals surface area (Å²) in [4.78, 5) is 23.4. The van der Waals surface area contributed by atoms with Gasteiger partial charge in [0.15, 0.2) is 0 Å². The maximum absolute atomic E-state index is 11.9. The maximum Gasteiger partial charge on any atom is 0.347 e. The van der Waals surface area contributed by atoms with Crippen LogP contribution in [-0.2, 0) is 4.74 Å². The average Bonchev–Trinajstić information content (AvgIpc) is 2.48. The van der Waals surface area contributed by atoms with Crippen LogP contribution in [0.4, 0.5) is 0 Å². The number of benzene rings is 2. The molecule has 0 bridgehead atoms. The highest BCUT2D eigenvalue weighted by Gasteiger charge is 2.13. The van der Waals surface area contributed by atoms with Gasteiger partial charge in [-0.1, -0.05) is 12.1 Å². The molecule has 21 heavy (non-hydrogen) atoms. The number of phenols is 1. The Morgan fingerprint density at radius 3 is 2.29 bits per heavy atom. The molecule has 0 saturated heterocycles. The Morgan fingerprint density at radius 1 is 1.00 bits per heavy atom. The molecule has 0 saturated carbocycles. The van der Waals surface area contributed by atoms with Gasteiger partial charge < -0.3 is 14.6 Å². The van der Waals surface area contributed by atoms with Crippen LogP contribution in [0.5, 0.6) is 11.5 Å². The molecular formula is C16H14O5. The Hall–Kier alpha value is -2.82. The molecule has 0 heterocycles. The fourth-order valence-corrected chi connectivity index (χ4v) is 1.68. The molecule has 0 atom stereocenters. The lowest BCUT2D eigenvalue weighted by Gasteiger charge is -2.06. The van der Waals surface area contributed by atoms with E-state index in [-0.39, 0.29) is 17.1 Å². The number of ether oxygens (including phenoxy) is 2. The molecule has 0 aromatic heterocycles. The van der Waals surface area contributed by atoms with E-state index in [2.05, 4.69) is 0 Å². The van der Waals surface area contributed by atoms with Crippen LogP contribution in [0, 0.1) is 0 Å². The van der Waals surface area contributed by atoms with Crippen molar-refractivity contribution in [2.24, 2.45) is 0 Å². The Labute approximate surface area is 121 Å². The first-order chi connectivity index (χ1) is 10.1. The van der Waals surface area contributed by atoms with Gasteiger partial charge in [-0.3, -0.25) is 0 Å². The summed E-state index contributed by atoms with van der Waals surface area (Å²) in [6.07, 6.45) is 0. The van der Waals surface area contributed by atoms with Crippen molar-refractivity contribution < 1.29 is 24.2 Å². The number of hydrogen-bond donors (Lipinski definition) is 1. The second kappa shape index (κ2) is 6.56. The van der Waals surface area contributed by atoms with E-state index in [1.807, 2.05) is 0 Å². The summed E-state index contributed by atoms with van der Waals surface area (Å²) in [6.45, 7) is 2.02. The molecule has 5 heteroatoms. The van der Waals surface area contributed by atoms with E-state index in [4.69, 9.17) is 9.47 Å². The summed E-state index contributed by atoms with van der Waals surface area (Å²) in [7, 11) is 0. The van der Waals surface area contributed by atoms with Crippen LogP contribution < -0.4 is 4.74 Å². The van der Waals surface area contributed by atoms with Crippen molar-refractivity contribution >= 4 is 11.9 Å². The zero-order chi connectivity index (χ0) is 15.2. The molecule has 2 rings (SSSR count). The molecule has 0 aliphatic heterocycles. The first-order valence-electron chi connectivity index (χ1n) is 6.39. The highest BCUT2D eigenvalue weighted by molar-refractivity contribution is 5.94. The van der Waals surface area contributed by atoms with Gasteiger partial charge in [0.25, 0.3) is 0 Å². The Morgan fingerprint density at radius 2 is 1.67 bits per heavy atom. The zero-order valence-corrected chi connectivity index (χ0v) is 11.4. The number of phenolic OH excluding ortho intramolecular Hbond substituents is 1. The molecule has 108 valence electrons. The van der Waals surface area contributed by atoms with E-state index >= 15 is 0 Å². The van der Waals surface area contributed by atoms with Crippen LogP contribution in [-0.4, -0.2) is 23.7 Å². The van der Waals surface area contributed by atoms with Crippen LogP contribution in [0.25, 0.3) is 0 Å². The number of carbonyl (C=O) groups excluding carboxylic acids is 2. The monoisotopic (exact) mass is 286 g/mol. The highest BCUT2D eigenvalue weighted by Crippen LogP contribution is 2.19. The molecule has 0 aliphatic carbocycles. The number of carbonyl (C=O) groups is 2. The van der Waals surface area contributed by atoms with Gasteiger partial charge in [0.1, 0.15) is 17.1 Å². The highest BCUT2D eigenvalue weighted by atomic mass is 16.5. The summed E-state index contributed by atoms with van der Waals surface area (Å²) in [5.74, 6) is -0.977. The van der Waals surface area contributed by atoms with Crippen molar-refractivity contribution in [2.45, 2.75) is 6.92 Å². The Bertz CT molecular complexity index is 646. The van der Waals surface area contributed by atoms with Crippen molar-refractivity contribution in [1.82, 2.24) is 0 Å². The average molecular weight is 286 g/mol. The number of aromatic hydroxyl groups is 1. The van der Waals surface area contributed by atoms with Crippen molar-refractivity contribution in [2.75, 3.05) is 6.61 Å². The van der Waals surface area contributed by atoms with Gasteiger partial charge >= 0.3 is 11.9 Å². The van der Waals surface area contributed by atoms with E-state index in [1.54, 1.807) is 19.1 Å². The van der Waals surface area contributed by atoms with Crippen LogP contribution in [0.3, 0.4) is 0 Å². The quantitative estimate of drug-likeness (QED) is 0.691. The Kier molecular flexibility index (Phi) is 4.56. The summed E-state index contributed by atoms with van der Waals surface area (Å²) in [5, 5.41) is 9.57. The Balaban J connectivity index is 2.09. The molecule has 0 unspecified atom stereocenters. The number of para-hydroxylation sites is 1. The maximum atomic E-state index is 11.9. The van der Waals surface area contributed by atoms with E-state index in [1.165, 1.54) is 36.4 Å². The molecule has 0 amide bonds. The third kappa shape index (κ3) is 3.60. The van der Waals surface area contributed by atoms with Gasteiger partial charge in [0.05, 0.1) is 12.2 Å². The number of hydrogen-bond acceptors (Lipinski definition) is 5. The van der Waals surface area contributed by atoms with E-state index < -0.39 is 11.9 Å². The van der Waals surface area contributed by atoms with Crippen molar-refractivity contribution in [3.8, 4) is 11.5 Å². The van der Waals surface area contributed by atoms with E-state index in [0.717, 1.165) is 0 Å². The van der Waals surface area contributed by atoms with E-state index in [9.17, 15) is 14.7 Å². The van der Waals surface area contributed by atoms with Gasteiger partial charge in [0, 0.05) is 0 Å². The predicted octanol–water partition coefficient (Wildman–Crippen LogP) is 2.79. The van der Waals surface area contributed by atoms with Gasteiger partial charge in [-0.15, -0.1) is 0 Å². The largest absolute Gasteiger partial charge is 0.507 e. The second-order valence-electron chi connectivity index (χ2n) is 4.15. The zero-order valence-electron chi connectivity index (χ0n) is 11.4. The summed E-state index contributed by atoms with van der Waals surface area (Å²) >= 11 is 0. The normalized spacial score (nSPS) is 9.95. The molecule has 0 aliphatic rings. The molecule has 2 aromatic carbocycles. The predicted molar refractivity (Wildman–Crippen MR) is 75.5 cm³/mol. The van der Waals surface area contributed by atoms with Gasteiger partial charge in [-0.2, -0.15) is 0 Å². The third-order valence-corrected chi connectivity index (χ3v) is 2.70. The topological polar surface area (TPSA) is 72.8 Å². The second-order valence-corrected chi connectivity index (χ2v) is 4.15. The van der Waals surface area contributed by atoms with Crippen LogP contribution in [0.1, 0.15) is 27.6 Å². The SMILES string of the molecule is CCOC(=O)c1ccc(OC(=O)c2ccccc2O)cc1. The van der Waals surface area contributed by atoms with Crippen LogP contribution in [0.2, 0.25) is 0 Å². The lowest BCUT2D eigenvalue weighted by Crippen LogP contribution is -2.09. The van der Waals surface area contributed by atoms with Crippen molar-refractivity contribution in [3.63, 3.8) is 0 Å². The van der Waals surface area contributed by atoms with Crippen molar-refractivity contribution in [3.05, 3.63) is 59.7 Å². The van der Waals surface area contributed by atoms with Crippen molar-refractivity contribution in [1.29, 1.82) is 0 Å². The molecule has 5 nitrogen and oxygen atoms in total. The standard InChI is InChI=1S/C16H14O5/c1-2-20-15(18)11-7-9-12(10-8-11)21-16(19)13-5-3-4-6-14(13)17/h3-10,17H,2H2,1H3. The number of esters is 2. The number of rotatable bonds is 4. The third-order valence-electron chi connectivity index (χ3n) is 2.70. The first kappa shape index (κ1) is 14.6. The lowest BCUT2D eigenvalue weighted by molar-refractivity contribution is 0.0526. The van der Waals surface area contributed by atoms with Gasteiger partial charge in [0.2, 0.25) is 0 Å². The van der Waals surface area contributed by atoms with Crippen LogP contribution in [0.15, 0.2) is 48.5 Å². The van der Waals surface area contributed by atoms with Crippen LogP contribution >= 0.6 is 0 Å². The lowest BCUT2D eigenvalue weighted by atomic mass is 10.2. The van der Waals surface area contributed by atoms with Gasteiger partial charge in [-0.05, 0) is 43.3 Å². The molecule has 0 fully saturated rings. The summed E-state index contributed by atoms with van der Waals surface area (Å²) < 4.78 is 9.98. The fraction of sp³-hybridized carbons (Fsp3) is 0.125. The smallest absolute Gasteiger partial charge is 0.347 e. The molecule has 0 radical (unpaired) electrons.